The summed E-state index contributed by atoms with van der Waals surface area (Å²) in [6.07, 6.45) is 52.7. The first kappa shape index (κ1) is 91.1. The van der Waals surface area contributed by atoms with Crippen LogP contribution in [0.5, 0.6) is 0 Å². The number of rotatable bonds is 73. The Morgan fingerprint density at radius 3 is 0.817 bits per heavy atom. The van der Waals surface area contributed by atoms with Crippen LogP contribution in [0.15, 0.2) is 0 Å². The van der Waals surface area contributed by atoms with Gasteiger partial charge in [-0.25, -0.2) is 9.13 Å². The summed E-state index contributed by atoms with van der Waals surface area (Å²) in [4.78, 5) is 72.7. The molecule has 3 N–H and O–H groups in total. The Bertz CT molecular complexity index is 1810. The van der Waals surface area contributed by atoms with Crippen LogP contribution < -0.4 is 0 Å². The van der Waals surface area contributed by atoms with Crippen LogP contribution in [0.25, 0.3) is 0 Å². The number of phosphoric acid groups is 2. The minimum absolute atomic E-state index is 0.105. The molecule has 3 unspecified atom stereocenters. The average molecular weight is 1370 g/mol. The first-order chi connectivity index (χ1) is 44.9. The number of unbranched alkanes of at least 4 members (excludes halogenated alkanes) is 42. The fourth-order valence-corrected chi connectivity index (χ4v) is 12.8. The van der Waals surface area contributed by atoms with E-state index in [9.17, 15) is 43.2 Å². The SMILES string of the molecule is CCCCCCCCCCCCCCCCCCCCC(=O)O[C@H](COC(=O)CCCCCCCCCCCCC(C)CC)COP(=O)(O)OC[C@@H](O)COP(=O)(O)OC[C@@H](COC(=O)CCCCCCCCCCCC)OC(=O)CCCCCCCCCCC(C)C. The molecule has 0 spiro atoms. The number of carbonyl (C=O) groups is 4. The zero-order valence-corrected chi connectivity index (χ0v) is 62.3. The topological polar surface area (TPSA) is 237 Å². The van der Waals surface area contributed by atoms with Gasteiger partial charge in [-0.3, -0.25) is 37.3 Å². The van der Waals surface area contributed by atoms with Gasteiger partial charge in [0.2, 0.25) is 0 Å². The molecule has 0 heterocycles. The molecule has 0 radical (unpaired) electrons. The minimum atomic E-state index is -4.96. The molecule has 0 aliphatic heterocycles. The van der Waals surface area contributed by atoms with E-state index in [1.807, 2.05) is 0 Å². The Hall–Kier alpha value is -1.94. The van der Waals surface area contributed by atoms with Gasteiger partial charge in [0.25, 0.3) is 0 Å². The van der Waals surface area contributed by atoms with E-state index >= 15 is 0 Å². The van der Waals surface area contributed by atoms with Gasteiger partial charge in [-0.2, -0.15) is 0 Å². The number of esters is 4. The molecule has 93 heavy (non-hydrogen) atoms. The fourth-order valence-electron chi connectivity index (χ4n) is 11.3. The standard InChI is InChI=1S/C74H144O17P2/c1-7-10-12-14-16-18-20-21-22-23-24-25-26-27-33-40-46-52-58-73(78)90-69(62-85-72(77)57-51-45-39-32-29-28-30-37-43-49-55-67(6)9-3)64-88-92(80,81)86-60-68(75)61-87-93(82,83)89-65-70(63-84-71(76)56-50-44-38-31-19-17-15-13-11-8-2)91-74(79)59-53-47-41-35-34-36-42-48-54-66(4)5/h66-70,75H,7-65H2,1-6H3,(H,80,81)(H,82,83)/t67?,68-,69-,70-/m1/s1. The van der Waals surface area contributed by atoms with E-state index in [0.717, 1.165) is 102 Å². The lowest BCUT2D eigenvalue weighted by Gasteiger charge is -2.21. The van der Waals surface area contributed by atoms with Crippen molar-refractivity contribution < 1.29 is 80.2 Å². The normalized spacial score (nSPS) is 14.3. The summed E-state index contributed by atoms with van der Waals surface area (Å²) in [6, 6.07) is 0. The molecule has 6 atom stereocenters. The van der Waals surface area contributed by atoms with Crippen LogP contribution in [0, 0.1) is 11.8 Å². The maximum absolute atomic E-state index is 13.1. The van der Waals surface area contributed by atoms with Gasteiger partial charge < -0.3 is 33.8 Å². The van der Waals surface area contributed by atoms with Crippen molar-refractivity contribution >= 4 is 39.5 Å². The monoisotopic (exact) mass is 1370 g/mol. The molecule has 17 nitrogen and oxygen atoms in total. The van der Waals surface area contributed by atoms with Crippen LogP contribution in [-0.2, 0) is 65.4 Å². The van der Waals surface area contributed by atoms with E-state index in [4.69, 9.17) is 37.0 Å². The van der Waals surface area contributed by atoms with Crippen molar-refractivity contribution in [3.05, 3.63) is 0 Å². The lowest BCUT2D eigenvalue weighted by molar-refractivity contribution is -0.161. The van der Waals surface area contributed by atoms with Crippen molar-refractivity contribution in [2.24, 2.45) is 11.8 Å². The molecule has 0 saturated heterocycles. The maximum Gasteiger partial charge on any atom is 0.472 e. The van der Waals surface area contributed by atoms with Gasteiger partial charge in [-0.1, -0.05) is 330 Å². The molecule has 552 valence electrons. The van der Waals surface area contributed by atoms with E-state index in [1.165, 1.54) is 199 Å². The molecule has 0 rings (SSSR count). The van der Waals surface area contributed by atoms with Crippen LogP contribution in [-0.4, -0.2) is 96.7 Å². The van der Waals surface area contributed by atoms with Crippen molar-refractivity contribution in [3.8, 4) is 0 Å². The summed E-state index contributed by atoms with van der Waals surface area (Å²) in [6.45, 7) is 9.56. The molecule has 0 aromatic carbocycles. The number of phosphoric ester groups is 2. The predicted octanol–water partition coefficient (Wildman–Crippen LogP) is 21.6. The molecule has 19 heteroatoms. The van der Waals surface area contributed by atoms with Crippen LogP contribution in [0.4, 0.5) is 0 Å². The van der Waals surface area contributed by atoms with Crippen molar-refractivity contribution in [2.75, 3.05) is 39.6 Å². The second kappa shape index (κ2) is 66.0. The summed E-state index contributed by atoms with van der Waals surface area (Å²) < 4.78 is 68.4. The Balaban J connectivity index is 5.23. The summed E-state index contributed by atoms with van der Waals surface area (Å²) in [7, 11) is -9.91. The van der Waals surface area contributed by atoms with Gasteiger partial charge in [0, 0.05) is 25.7 Å². The number of hydrogen-bond donors (Lipinski definition) is 3. The van der Waals surface area contributed by atoms with Gasteiger partial charge in [0.15, 0.2) is 12.2 Å². The third-order valence-electron chi connectivity index (χ3n) is 17.6. The molecule has 0 aliphatic rings. The quantitative estimate of drug-likeness (QED) is 0.0222. The number of aliphatic hydroxyl groups excluding tert-OH is 1. The van der Waals surface area contributed by atoms with Crippen LogP contribution in [0.1, 0.15) is 382 Å². The lowest BCUT2D eigenvalue weighted by Crippen LogP contribution is -2.30. The molecule has 0 saturated carbocycles. The van der Waals surface area contributed by atoms with E-state index in [1.54, 1.807) is 0 Å². The van der Waals surface area contributed by atoms with Gasteiger partial charge in [-0.15, -0.1) is 0 Å². The zero-order chi connectivity index (χ0) is 68.6. The van der Waals surface area contributed by atoms with Crippen molar-refractivity contribution in [2.45, 2.75) is 400 Å². The Labute approximate surface area is 568 Å². The highest BCUT2D eigenvalue weighted by atomic mass is 31.2. The van der Waals surface area contributed by atoms with Gasteiger partial charge in [0.05, 0.1) is 26.4 Å². The first-order valence-electron chi connectivity index (χ1n) is 38.5. The highest BCUT2D eigenvalue weighted by Crippen LogP contribution is 2.45. The molecule has 0 aromatic rings. The van der Waals surface area contributed by atoms with Gasteiger partial charge in [-0.05, 0) is 37.5 Å². The fraction of sp³-hybridized carbons (Fsp3) is 0.946. The van der Waals surface area contributed by atoms with E-state index < -0.39 is 97.5 Å². The molecule has 0 amide bonds. The number of ether oxygens (including phenoxy) is 4. The molecular weight excluding hydrogens is 1220 g/mol. The van der Waals surface area contributed by atoms with Crippen molar-refractivity contribution in [3.63, 3.8) is 0 Å². The summed E-state index contributed by atoms with van der Waals surface area (Å²) in [5.41, 5.74) is 0. The van der Waals surface area contributed by atoms with Crippen molar-refractivity contribution in [1.29, 1.82) is 0 Å². The van der Waals surface area contributed by atoms with Crippen LogP contribution >= 0.6 is 15.6 Å². The zero-order valence-electron chi connectivity index (χ0n) is 60.6. The second-order valence-corrected chi connectivity index (χ2v) is 30.3. The summed E-state index contributed by atoms with van der Waals surface area (Å²) >= 11 is 0. The average Bonchev–Trinajstić information content (AvgIpc) is 1.53. The Morgan fingerprint density at radius 1 is 0.312 bits per heavy atom. The van der Waals surface area contributed by atoms with E-state index in [-0.39, 0.29) is 25.7 Å². The number of aliphatic hydroxyl groups is 1. The van der Waals surface area contributed by atoms with Crippen molar-refractivity contribution in [1.82, 2.24) is 0 Å². The van der Waals surface area contributed by atoms with Gasteiger partial charge >= 0.3 is 39.5 Å². The second-order valence-electron chi connectivity index (χ2n) is 27.4. The summed E-state index contributed by atoms with van der Waals surface area (Å²) in [5.74, 6) is -0.592. The number of hydrogen-bond acceptors (Lipinski definition) is 15. The molecule has 0 aromatic heterocycles. The highest BCUT2D eigenvalue weighted by molar-refractivity contribution is 7.47. The molecule has 0 bridgehead atoms. The molecule has 0 fully saturated rings. The lowest BCUT2D eigenvalue weighted by atomic mass is 9.99. The third-order valence-corrected chi connectivity index (χ3v) is 19.5. The number of carbonyl (C=O) groups excluding carboxylic acids is 4. The predicted molar refractivity (Wildman–Crippen MR) is 377 cm³/mol. The first-order valence-corrected chi connectivity index (χ1v) is 41.5. The Morgan fingerprint density at radius 2 is 0.548 bits per heavy atom. The van der Waals surface area contributed by atoms with Gasteiger partial charge in [0.1, 0.15) is 19.3 Å². The minimum Gasteiger partial charge on any atom is -0.462 e. The van der Waals surface area contributed by atoms with E-state index in [0.29, 0.717) is 25.7 Å². The Kier molecular flexibility index (Phi) is 64.6. The smallest absolute Gasteiger partial charge is 0.462 e. The molecular formula is C74H144O17P2. The summed E-state index contributed by atoms with van der Waals surface area (Å²) in [5, 5.41) is 10.6. The van der Waals surface area contributed by atoms with E-state index in [2.05, 4.69) is 41.5 Å². The van der Waals surface area contributed by atoms with Crippen LogP contribution in [0.2, 0.25) is 0 Å². The molecule has 0 aliphatic carbocycles. The highest BCUT2D eigenvalue weighted by Gasteiger charge is 2.30. The maximum atomic E-state index is 13.1. The third kappa shape index (κ3) is 67.0. The largest absolute Gasteiger partial charge is 0.472 e. The van der Waals surface area contributed by atoms with Crippen LogP contribution in [0.3, 0.4) is 0 Å².